The van der Waals surface area contributed by atoms with Crippen molar-refractivity contribution in [3.63, 3.8) is 0 Å². The molecular weight excluding hydrogens is 727 g/mol. The van der Waals surface area contributed by atoms with Crippen LogP contribution < -0.4 is 20.8 Å². The molecule has 55 heavy (non-hydrogen) atoms. The zero-order chi connectivity index (χ0) is 39.9. The van der Waals surface area contributed by atoms with Crippen molar-refractivity contribution in [2.24, 2.45) is 11.3 Å². The molecule has 0 spiro atoms. The molecule has 0 saturated carbocycles. The minimum Gasteiger partial charge on any atom is -0.497 e. The van der Waals surface area contributed by atoms with E-state index in [9.17, 15) is 19.5 Å². The van der Waals surface area contributed by atoms with Crippen molar-refractivity contribution in [2.45, 2.75) is 96.9 Å². The van der Waals surface area contributed by atoms with Crippen LogP contribution in [0.3, 0.4) is 0 Å². The topological polar surface area (TPSA) is 170 Å². The van der Waals surface area contributed by atoms with Gasteiger partial charge in [-0.05, 0) is 41.5 Å². The molecule has 3 heterocycles. The molecule has 3 amide bonds. The number of benzene rings is 2. The molecule has 14 nitrogen and oxygen atoms in total. The number of methoxy groups -OCH3 is 2. The van der Waals surface area contributed by atoms with Gasteiger partial charge < -0.3 is 39.4 Å². The molecule has 2 aromatic carbocycles. The van der Waals surface area contributed by atoms with Crippen molar-refractivity contribution in [1.82, 2.24) is 26.1 Å². The summed E-state index contributed by atoms with van der Waals surface area (Å²) in [5.74, 6) is 0.104. The number of carbonyl (C=O) groups is 3. The lowest BCUT2D eigenvalue weighted by Crippen LogP contribution is -2.59. The summed E-state index contributed by atoms with van der Waals surface area (Å²) in [5, 5.41) is 22.0. The fourth-order valence-corrected chi connectivity index (χ4v) is 7.52. The van der Waals surface area contributed by atoms with Crippen molar-refractivity contribution in [3.05, 3.63) is 70.7 Å². The molecule has 3 aromatic rings. The van der Waals surface area contributed by atoms with Gasteiger partial charge in [0.1, 0.15) is 22.9 Å². The highest BCUT2D eigenvalue weighted by Crippen LogP contribution is 2.33. The van der Waals surface area contributed by atoms with Gasteiger partial charge in [0.15, 0.2) is 6.29 Å². The number of amides is 3. The Morgan fingerprint density at radius 1 is 0.964 bits per heavy atom. The summed E-state index contributed by atoms with van der Waals surface area (Å²) in [7, 11) is 2.81. The standard InChI is InChI=1S/C40H55N5O9S/c1-39(2,3)32-23-55-35(42-32)26-13-9-25(10-14-26)20-45(44-34(47)33(40(4,5)6)43-37(48)51-8)21-30(46)29(19-24-11-15-27(50-7)16-12-24)41-38(49)54-31-22-53-36-28(31)17-18-52-36/h9-16,23,28-31,33,36,46H,17-22H2,1-8H3,(H,41,49)(H,43,48)(H,44,47)/t28-,29-,30-,31-,33?,36+/m0/s1. The second kappa shape index (κ2) is 18.1. The first kappa shape index (κ1) is 41.9. The zero-order valence-electron chi connectivity index (χ0n) is 32.9. The number of alkyl carbamates (subject to hydrolysis) is 2. The quantitative estimate of drug-likeness (QED) is 0.159. The number of hydrogen-bond acceptors (Lipinski definition) is 12. The Bertz CT molecular complexity index is 1740. The van der Waals surface area contributed by atoms with Crippen LogP contribution in [0.5, 0.6) is 5.75 Å². The summed E-state index contributed by atoms with van der Waals surface area (Å²) < 4.78 is 27.2. The number of aliphatic hydroxyl groups excluding tert-OH is 1. The van der Waals surface area contributed by atoms with Gasteiger partial charge in [-0.2, -0.15) is 0 Å². The number of rotatable bonds is 14. The maximum atomic E-state index is 13.9. The third-order valence-electron chi connectivity index (χ3n) is 9.72. The molecule has 0 aliphatic carbocycles. The number of nitrogens with zero attached hydrogens (tertiary/aromatic N) is 2. The number of nitrogens with one attached hydrogen (secondary N) is 3. The molecular formula is C40H55N5O9S. The van der Waals surface area contributed by atoms with Gasteiger partial charge in [0.2, 0.25) is 0 Å². The van der Waals surface area contributed by atoms with Gasteiger partial charge in [0, 0.05) is 29.4 Å². The number of carbonyl (C=O) groups excluding carboxylic acids is 3. The summed E-state index contributed by atoms with van der Waals surface area (Å²) in [5.41, 5.74) is 5.81. The Hall–Kier alpha value is -4.28. The molecule has 5 rings (SSSR count). The van der Waals surface area contributed by atoms with Gasteiger partial charge in [-0.25, -0.2) is 19.6 Å². The molecule has 6 atom stereocenters. The Morgan fingerprint density at radius 2 is 1.65 bits per heavy atom. The fraction of sp³-hybridized carbons (Fsp3) is 0.550. The third kappa shape index (κ3) is 11.4. The predicted molar refractivity (Wildman–Crippen MR) is 207 cm³/mol. The van der Waals surface area contributed by atoms with Crippen molar-refractivity contribution < 1.29 is 43.2 Å². The Kier molecular flexibility index (Phi) is 13.8. The van der Waals surface area contributed by atoms with Gasteiger partial charge in [0.05, 0.1) is 51.2 Å². The van der Waals surface area contributed by atoms with Crippen molar-refractivity contribution in [2.75, 3.05) is 34.0 Å². The number of ether oxygens (including phenoxy) is 5. The van der Waals surface area contributed by atoms with Crippen LogP contribution >= 0.6 is 11.3 Å². The van der Waals surface area contributed by atoms with E-state index in [1.807, 2.05) is 57.2 Å². The lowest BCUT2D eigenvalue weighted by molar-refractivity contribution is -0.131. The van der Waals surface area contributed by atoms with Crippen LogP contribution in [0, 0.1) is 11.3 Å². The molecule has 2 aliphatic rings. The molecule has 15 heteroatoms. The number of hydrazine groups is 1. The highest BCUT2D eigenvalue weighted by molar-refractivity contribution is 7.13. The SMILES string of the molecule is COC(=O)NC(C(=O)NN(Cc1ccc(-c2nc(C(C)(C)C)cs2)cc1)C[C@H](O)[C@H](Cc1ccc(OC)cc1)NC(=O)O[C@H]1CO[C@H]2OCC[C@H]21)C(C)(C)C. The Labute approximate surface area is 327 Å². The summed E-state index contributed by atoms with van der Waals surface area (Å²) >= 11 is 1.58. The molecule has 2 saturated heterocycles. The van der Waals surface area contributed by atoms with Crippen molar-refractivity contribution in [1.29, 1.82) is 0 Å². The lowest BCUT2D eigenvalue weighted by Gasteiger charge is -2.34. The normalized spacial score (nSPS) is 19.9. The third-order valence-corrected chi connectivity index (χ3v) is 10.6. The van der Waals surface area contributed by atoms with Gasteiger partial charge in [-0.15, -0.1) is 11.3 Å². The van der Waals surface area contributed by atoms with E-state index < -0.39 is 54.1 Å². The first-order chi connectivity index (χ1) is 26.0. The van der Waals surface area contributed by atoms with E-state index in [1.165, 1.54) is 7.11 Å². The maximum absolute atomic E-state index is 13.9. The second-order valence-corrected chi connectivity index (χ2v) is 17.0. The largest absolute Gasteiger partial charge is 0.497 e. The number of thiazole rings is 1. The molecule has 2 aliphatic heterocycles. The number of aliphatic hydroxyl groups is 1. The summed E-state index contributed by atoms with van der Waals surface area (Å²) in [4.78, 5) is 44.4. The predicted octanol–water partition coefficient (Wildman–Crippen LogP) is 5.18. The van der Waals surface area contributed by atoms with E-state index >= 15 is 0 Å². The number of hydrogen-bond donors (Lipinski definition) is 4. The summed E-state index contributed by atoms with van der Waals surface area (Å²) in [6, 6.07) is 13.4. The monoisotopic (exact) mass is 781 g/mol. The van der Waals surface area contributed by atoms with E-state index in [0.29, 0.717) is 12.4 Å². The van der Waals surface area contributed by atoms with Crippen molar-refractivity contribution in [3.8, 4) is 16.3 Å². The van der Waals surface area contributed by atoms with Crippen LogP contribution in [0.2, 0.25) is 0 Å². The van der Waals surface area contributed by atoms with Gasteiger partial charge in [-0.3, -0.25) is 10.2 Å². The van der Waals surface area contributed by atoms with Crippen LogP contribution in [-0.4, -0.2) is 97.8 Å². The summed E-state index contributed by atoms with van der Waals surface area (Å²) in [6.07, 6.45) is -2.56. The second-order valence-electron chi connectivity index (χ2n) is 16.1. The average Bonchev–Trinajstić information content (AvgIpc) is 3.90. The fourth-order valence-electron chi connectivity index (χ4n) is 6.47. The summed E-state index contributed by atoms with van der Waals surface area (Å²) in [6.45, 7) is 12.7. The highest BCUT2D eigenvalue weighted by atomic mass is 32.1. The molecule has 4 N–H and O–H groups in total. The van der Waals surface area contributed by atoms with Crippen molar-refractivity contribution >= 4 is 29.4 Å². The first-order valence-electron chi connectivity index (χ1n) is 18.5. The minimum absolute atomic E-state index is 0.0571. The van der Waals surface area contributed by atoms with E-state index in [0.717, 1.165) is 33.8 Å². The lowest BCUT2D eigenvalue weighted by atomic mass is 9.86. The molecule has 0 bridgehead atoms. The van der Waals surface area contributed by atoms with Crippen LogP contribution in [0.15, 0.2) is 53.9 Å². The average molecular weight is 782 g/mol. The molecule has 300 valence electrons. The maximum Gasteiger partial charge on any atom is 0.407 e. The smallest absolute Gasteiger partial charge is 0.407 e. The highest BCUT2D eigenvalue weighted by Gasteiger charge is 2.44. The number of aromatic nitrogens is 1. The van der Waals surface area contributed by atoms with E-state index in [2.05, 4.69) is 42.2 Å². The van der Waals surface area contributed by atoms with E-state index in [4.69, 9.17) is 28.7 Å². The van der Waals surface area contributed by atoms with Crippen LogP contribution in [0.4, 0.5) is 9.59 Å². The minimum atomic E-state index is -1.20. The van der Waals surface area contributed by atoms with E-state index in [-0.39, 0.29) is 37.5 Å². The van der Waals surface area contributed by atoms with Gasteiger partial charge in [0.25, 0.3) is 5.91 Å². The van der Waals surface area contributed by atoms with Gasteiger partial charge in [-0.1, -0.05) is 77.9 Å². The van der Waals surface area contributed by atoms with Gasteiger partial charge >= 0.3 is 12.2 Å². The first-order valence-corrected chi connectivity index (χ1v) is 19.4. The molecule has 0 radical (unpaired) electrons. The number of fused-ring (bicyclic) bond motifs is 1. The Morgan fingerprint density at radius 3 is 2.27 bits per heavy atom. The zero-order valence-corrected chi connectivity index (χ0v) is 33.7. The molecule has 1 aromatic heterocycles. The molecule has 1 unspecified atom stereocenters. The van der Waals surface area contributed by atoms with E-state index in [1.54, 1.807) is 35.6 Å². The Balaban J connectivity index is 1.38. The van der Waals surface area contributed by atoms with Crippen LogP contribution in [0.25, 0.3) is 10.6 Å². The van der Waals surface area contributed by atoms with Crippen LogP contribution in [0.1, 0.15) is 64.8 Å². The van der Waals surface area contributed by atoms with Crippen LogP contribution in [-0.2, 0) is 42.1 Å². The molecule has 2 fully saturated rings.